The summed E-state index contributed by atoms with van der Waals surface area (Å²) in [6.45, 7) is 7.20. The Labute approximate surface area is 171 Å². The highest BCUT2D eigenvalue weighted by molar-refractivity contribution is 5.81. The number of hydrogen-bond acceptors (Lipinski definition) is 5. The van der Waals surface area contributed by atoms with Gasteiger partial charge in [0, 0.05) is 43.1 Å². The van der Waals surface area contributed by atoms with Crippen molar-refractivity contribution >= 4 is 11.7 Å². The summed E-state index contributed by atoms with van der Waals surface area (Å²) in [6, 6.07) is 10.2. The van der Waals surface area contributed by atoms with E-state index in [9.17, 15) is 4.79 Å². The molecular formula is C23H28N4O2. The molecule has 5 rings (SSSR count). The second-order valence-corrected chi connectivity index (χ2v) is 8.61. The van der Waals surface area contributed by atoms with Crippen molar-refractivity contribution in [2.75, 3.05) is 24.5 Å². The number of anilines is 1. The maximum Gasteiger partial charge on any atom is 0.225 e. The van der Waals surface area contributed by atoms with E-state index in [0.717, 1.165) is 67.4 Å². The van der Waals surface area contributed by atoms with Crippen molar-refractivity contribution in [1.29, 1.82) is 0 Å². The van der Waals surface area contributed by atoms with Gasteiger partial charge in [0.15, 0.2) is 5.82 Å². The summed E-state index contributed by atoms with van der Waals surface area (Å²) in [7, 11) is 0. The van der Waals surface area contributed by atoms with Gasteiger partial charge in [-0.25, -0.2) is 9.97 Å². The van der Waals surface area contributed by atoms with Crippen LogP contribution in [-0.4, -0.2) is 52.6 Å². The molecule has 1 aliphatic carbocycles. The number of ether oxygens (including phenoxy) is 1. The number of aromatic nitrogens is 2. The molecule has 3 aliphatic rings. The fourth-order valence-electron chi connectivity index (χ4n) is 4.50. The van der Waals surface area contributed by atoms with Crippen molar-refractivity contribution in [2.24, 2.45) is 5.92 Å². The molecule has 0 bridgehead atoms. The van der Waals surface area contributed by atoms with Gasteiger partial charge in [-0.15, -0.1) is 0 Å². The fourth-order valence-corrected chi connectivity index (χ4v) is 4.50. The Bertz CT molecular complexity index is 903. The van der Waals surface area contributed by atoms with Crippen molar-refractivity contribution in [3.05, 3.63) is 41.6 Å². The monoisotopic (exact) mass is 392 g/mol. The van der Waals surface area contributed by atoms with Gasteiger partial charge in [0.25, 0.3) is 0 Å². The minimum Gasteiger partial charge on any atom is -0.372 e. The number of rotatable bonds is 3. The van der Waals surface area contributed by atoms with E-state index < -0.39 is 0 Å². The van der Waals surface area contributed by atoms with Gasteiger partial charge in [0.2, 0.25) is 5.91 Å². The van der Waals surface area contributed by atoms with Gasteiger partial charge in [-0.05, 0) is 26.7 Å². The molecule has 1 aromatic heterocycles. The summed E-state index contributed by atoms with van der Waals surface area (Å²) in [5.41, 5.74) is 3.23. The van der Waals surface area contributed by atoms with Gasteiger partial charge < -0.3 is 14.5 Å². The zero-order chi connectivity index (χ0) is 20.0. The van der Waals surface area contributed by atoms with Crippen molar-refractivity contribution in [3.63, 3.8) is 0 Å². The van der Waals surface area contributed by atoms with Crippen molar-refractivity contribution in [1.82, 2.24) is 14.9 Å². The van der Waals surface area contributed by atoms with E-state index in [1.54, 1.807) is 0 Å². The number of fused-ring (bicyclic) bond motifs is 1. The van der Waals surface area contributed by atoms with Gasteiger partial charge in [0.1, 0.15) is 5.82 Å². The largest absolute Gasteiger partial charge is 0.372 e. The Morgan fingerprint density at radius 3 is 2.48 bits per heavy atom. The van der Waals surface area contributed by atoms with E-state index in [4.69, 9.17) is 14.7 Å². The highest BCUT2D eigenvalue weighted by Gasteiger charge is 2.36. The molecule has 3 heterocycles. The molecule has 1 amide bonds. The van der Waals surface area contributed by atoms with Gasteiger partial charge in [-0.1, -0.05) is 30.3 Å². The van der Waals surface area contributed by atoms with Crippen LogP contribution in [0.3, 0.4) is 0 Å². The highest BCUT2D eigenvalue weighted by atomic mass is 16.5. The number of carbonyl (C=O) groups excluding carboxylic acids is 1. The first kappa shape index (κ1) is 18.6. The first-order chi connectivity index (χ1) is 14.1. The number of benzene rings is 1. The van der Waals surface area contributed by atoms with Crippen LogP contribution in [0.5, 0.6) is 0 Å². The topological polar surface area (TPSA) is 58.6 Å². The van der Waals surface area contributed by atoms with Crippen molar-refractivity contribution in [2.45, 2.75) is 51.9 Å². The maximum absolute atomic E-state index is 12.7. The van der Waals surface area contributed by atoms with E-state index in [1.807, 2.05) is 23.1 Å². The van der Waals surface area contributed by atoms with Crippen LogP contribution < -0.4 is 4.90 Å². The summed E-state index contributed by atoms with van der Waals surface area (Å²) < 4.78 is 5.95. The quantitative estimate of drug-likeness (QED) is 0.804. The molecule has 2 aliphatic heterocycles. The zero-order valence-corrected chi connectivity index (χ0v) is 17.2. The summed E-state index contributed by atoms with van der Waals surface area (Å²) in [4.78, 5) is 27.0. The van der Waals surface area contributed by atoms with E-state index in [1.165, 1.54) is 0 Å². The molecule has 6 heteroatoms. The first-order valence-corrected chi connectivity index (χ1v) is 10.7. The lowest BCUT2D eigenvalue weighted by Gasteiger charge is -2.39. The molecule has 29 heavy (non-hydrogen) atoms. The third-order valence-electron chi connectivity index (χ3n) is 6.03. The summed E-state index contributed by atoms with van der Waals surface area (Å²) in [5.74, 6) is 2.29. The summed E-state index contributed by atoms with van der Waals surface area (Å²) >= 11 is 0. The molecule has 6 nitrogen and oxygen atoms in total. The molecule has 1 aromatic carbocycles. The van der Waals surface area contributed by atoms with Crippen LogP contribution in [0.2, 0.25) is 0 Å². The van der Waals surface area contributed by atoms with Gasteiger partial charge >= 0.3 is 0 Å². The van der Waals surface area contributed by atoms with Crippen LogP contribution in [0, 0.1) is 5.92 Å². The number of morpholine rings is 1. The van der Waals surface area contributed by atoms with Gasteiger partial charge in [-0.2, -0.15) is 0 Å². The number of carbonyl (C=O) groups is 1. The van der Waals surface area contributed by atoms with Crippen LogP contribution >= 0.6 is 0 Å². The second kappa shape index (κ2) is 7.41. The lowest BCUT2D eigenvalue weighted by molar-refractivity contribution is -0.133. The Balaban J connectivity index is 1.55. The Morgan fingerprint density at radius 1 is 1.07 bits per heavy atom. The molecular weight excluding hydrogens is 364 g/mol. The molecule has 2 atom stereocenters. The average molecular weight is 393 g/mol. The Morgan fingerprint density at radius 2 is 1.79 bits per heavy atom. The third kappa shape index (κ3) is 3.73. The number of nitrogens with zero attached hydrogens (tertiary/aromatic N) is 4. The van der Waals surface area contributed by atoms with Crippen LogP contribution in [-0.2, 0) is 22.5 Å². The van der Waals surface area contributed by atoms with E-state index in [0.29, 0.717) is 12.5 Å². The Kier molecular flexibility index (Phi) is 4.74. The van der Waals surface area contributed by atoms with Crippen molar-refractivity contribution in [3.8, 4) is 11.4 Å². The maximum atomic E-state index is 12.7. The molecule has 0 spiro atoms. The SMILES string of the molecule is C[C@H]1CN(c2nc(-c3ccccc3)nc3c2CN(C(=O)C2CC2)CC3)C[C@H](C)O1. The first-order valence-electron chi connectivity index (χ1n) is 10.7. The molecule has 0 N–H and O–H groups in total. The van der Waals surface area contributed by atoms with Crippen LogP contribution in [0.1, 0.15) is 37.9 Å². The van der Waals surface area contributed by atoms with E-state index in [2.05, 4.69) is 30.9 Å². The second-order valence-electron chi connectivity index (χ2n) is 8.61. The van der Waals surface area contributed by atoms with Crippen molar-refractivity contribution < 1.29 is 9.53 Å². The van der Waals surface area contributed by atoms with Crippen LogP contribution in [0.4, 0.5) is 5.82 Å². The number of hydrogen-bond donors (Lipinski definition) is 0. The molecule has 152 valence electrons. The summed E-state index contributed by atoms with van der Waals surface area (Å²) in [5, 5.41) is 0. The lowest BCUT2D eigenvalue weighted by atomic mass is 10.0. The standard InChI is InChI=1S/C23H28N4O2/c1-15-12-27(13-16(2)29-15)22-19-14-26(23(28)18-8-9-18)11-10-20(19)24-21(25-22)17-6-4-3-5-7-17/h3-7,15-16,18H,8-14H2,1-2H3/t15-,16-/m0/s1. The lowest BCUT2D eigenvalue weighted by Crippen LogP contribution is -2.47. The Hall–Kier alpha value is -2.47. The third-order valence-corrected chi connectivity index (χ3v) is 6.03. The molecule has 1 saturated heterocycles. The van der Waals surface area contributed by atoms with Crippen LogP contribution in [0.25, 0.3) is 11.4 Å². The van der Waals surface area contributed by atoms with Gasteiger partial charge in [0.05, 0.1) is 24.4 Å². The molecule has 2 aromatic rings. The smallest absolute Gasteiger partial charge is 0.225 e. The predicted molar refractivity (Wildman–Crippen MR) is 112 cm³/mol. The zero-order valence-electron chi connectivity index (χ0n) is 17.2. The highest BCUT2D eigenvalue weighted by Crippen LogP contribution is 2.35. The van der Waals surface area contributed by atoms with E-state index in [-0.39, 0.29) is 18.1 Å². The molecule has 1 saturated carbocycles. The van der Waals surface area contributed by atoms with Crippen LogP contribution in [0.15, 0.2) is 30.3 Å². The average Bonchev–Trinajstić information content (AvgIpc) is 3.57. The molecule has 0 radical (unpaired) electrons. The molecule has 2 fully saturated rings. The molecule has 0 unspecified atom stereocenters. The minimum absolute atomic E-state index is 0.150. The summed E-state index contributed by atoms with van der Waals surface area (Å²) in [6.07, 6.45) is 3.17. The predicted octanol–water partition coefficient (Wildman–Crippen LogP) is 3.05. The number of amides is 1. The van der Waals surface area contributed by atoms with Gasteiger partial charge in [-0.3, -0.25) is 4.79 Å². The normalized spacial score (nSPS) is 24.3. The fraction of sp³-hybridized carbons (Fsp3) is 0.522. The van der Waals surface area contributed by atoms with E-state index >= 15 is 0 Å². The minimum atomic E-state index is 0.150.